The van der Waals surface area contributed by atoms with Gasteiger partial charge in [-0.3, -0.25) is 0 Å². The molecule has 2 aromatic rings. The van der Waals surface area contributed by atoms with Crippen LogP contribution in [0.5, 0.6) is 11.5 Å². The quantitative estimate of drug-likeness (QED) is 0.884. The lowest BCUT2D eigenvalue weighted by molar-refractivity contribution is 0.297. The van der Waals surface area contributed by atoms with Gasteiger partial charge in [-0.25, -0.2) is 0 Å². The topological polar surface area (TPSA) is 44.5 Å². The van der Waals surface area contributed by atoms with E-state index in [2.05, 4.69) is 40.2 Å². The summed E-state index contributed by atoms with van der Waals surface area (Å²) in [6.07, 6.45) is 0.920. The van der Waals surface area contributed by atoms with Crippen molar-refractivity contribution in [3.05, 3.63) is 46.4 Å². The van der Waals surface area contributed by atoms with Gasteiger partial charge in [-0.05, 0) is 51.8 Å². The summed E-state index contributed by atoms with van der Waals surface area (Å²) in [5.41, 5.74) is 6.77. The van der Waals surface area contributed by atoms with Gasteiger partial charge in [0.15, 0.2) is 11.5 Å². The Morgan fingerprint density at radius 2 is 1.86 bits per heavy atom. The molecule has 5 heteroatoms. The Morgan fingerprint density at radius 1 is 1.05 bits per heavy atom. The number of rotatable bonds is 3. The van der Waals surface area contributed by atoms with Crippen molar-refractivity contribution in [2.45, 2.75) is 22.8 Å². The molecule has 0 bridgehead atoms. The highest BCUT2D eigenvalue weighted by atomic mass is 79.9. The first-order valence-corrected chi connectivity index (χ1v) is 8.43. The van der Waals surface area contributed by atoms with Crippen molar-refractivity contribution in [1.82, 2.24) is 0 Å². The maximum Gasteiger partial charge on any atom is 0.162 e. The summed E-state index contributed by atoms with van der Waals surface area (Å²) in [5, 5.41) is 0. The number of nitrogens with two attached hydrogens (primary N) is 1. The van der Waals surface area contributed by atoms with E-state index < -0.39 is 0 Å². The van der Waals surface area contributed by atoms with Gasteiger partial charge < -0.3 is 15.2 Å². The number of ether oxygens (including phenoxy) is 2. The van der Waals surface area contributed by atoms with E-state index in [1.165, 1.54) is 0 Å². The average Bonchev–Trinajstić information content (AvgIpc) is 2.74. The predicted molar refractivity (Wildman–Crippen MR) is 88.2 cm³/mol. The zero-order chi connectivity index (χ0) is 14.7. The van der Waals surface area contributed by atoms with Gasteiger partial charge in [0.2, 0.25) is 0 Å². The van der Waals surface area contributed by atoms with Gasteiger partial charge in [-0.15, -0.1) is 0 Å². The molecule has 0 amide bonds. The smallest absolute Gasteiger partial charge is 0.162 e. The molecule has 0 atom stereocenters. The van der Waals surface area contributed by atoms with Crippen molar-refractivity contribution in [3.8, 4) is 11.5 Å². The SMILES string of the molecule is NCc1ccc(Sc2ccc3c(c2)OCCCO3)c(Br)c1. The van der Waals surface area contributed by atoms with Crippen molar-refractivity contribution in [3.63, 3.8) is 0 Å². The van der Waals surface area contributed by atoms with E-state index >= 15 is 0 Å². The number of halogens is 1. The van der Waals surface area contributed by atoms with Crippen molar-refractivity contribution in [1.29, 1.82) is 0 Å². The minimum atomic E-state index is 0.549. The van der Waals surface area contributed by atoms with E-state index in [1.54, 1.807) is 11.8 Å². The van der Waals surface area contributed by atoms with Crippen LogP contribution in [0.4, 0.5) is 0 Å². The average molecular weight is 366 g/mol. The number of benzene rings is 2. The van der Waals surface area contributed by atoms with Crippen LogP contribution in [0.2, 0.25) is 0 Å². The van der Waals surface area contributed by atoms with Crippen molar-refractivity contribution < 1.29 is 9.47 Å². The van der Waals surface area contributed by atoms with Crippen LogP contribution in [0, 0.1) is 0 Å². The fourth-order valence-electron chi connectivity index (χ4n) is 2.09. The highest BCUT2D eigenvalue weighted by Gasteiger charge is 2.12. The standard InChI is InChI=1S/C16H16BrNO2S/c17-13-8-11(10-18)2-5-16(13)21-12-3-4-14-15(9-12)20-7-1-6-19-14/h2-5,8-9H,1,6-7,10,18H2. The van der Waals surface area contributed by atoms with Crippen LogP contribution in [0.1, 0.15) is 12.0 Å². The molecule has 0 fully saturated rings. The third kappa shape index (κ3) is 3.54. The fraction of sp³-hybridized carbons (Fsp3) is 0.250. The van der Waals surface area contributed by atoms with E-state index in [0.29, 0.717) is 19.8 Å². The molecule has 0 aromatic heterocycles. The van der Waals surface area contributed by atoms with Gasteiger partial charge in [-0.1, -0.05) is 17.8 Å². The van der Waals surface area contributed by atoms with Crippen LogP contribution >= 0.6 is 27.7 Å². The Kier molecular flexibility index (Phi) is 4.73. The lowest BCUT2D eigenvalue weighted by atomic mass is 10.2. The third-order valence-electron chi connectivity index (χ3n) is 3.18. The van der Waals surface area contributed by atoms with Crippen LogP contribution in [0.25, 0.3) is 0 Å². The number of fused-ring (bicyclic) bond motifs is 1. The van der Waals surface area contributed by atoms with Crippen LogP contribution in [-0.2, 0) is 6.54 Å². The molecule has 0 saturated carbocycles. The minimum absolute atomic E-state index is 0.549. The van der Waals surface area contributed by atoms with E-state index in [0.717, 1.165) is 37.7 Å². The van der Waals surface area contributed by atoms with Crippen molar-refractivity contribution >= 4 is 27.7 Å². The van der Waals surface area contributed by atoms with Gasteiger partial charge in [0, 0.05) is 27.2 Å². The molecular weight excluding hydrogens is 350 g/mol. The summed E-state index contributed by atoms with van der Waals surface area (Å²) in [6, 6.07) is 12.3. The maximum absolute atomic E-state index is 5.73. The highest BCUT2D eigenvalue weighted by Crippen LogP contribution is 2.39. The molecule has 1 aliphatic rings. The zero-order valence-electron chi connectivity index (χ0n) is 11.5. The Morgan fingerprint density at radius 3 is 2.62 bits per heavy atom. The van der Waals surface area contributed by atoms with E-state index in [4.69, 9.17) is 15.2 Å². The Labute approximate surface area is 137 Å². The Bertz CT molecular complexity index is 648. The van der Waals surface area contributed by atoms with Crippen molar-refractivity contribution in [2.75, 3.05) is 13.2 Å². The second-order valence-corrected chi connectivity index (χ2v) is 6.70. The Balaban J connectivity index is 1.83. The molecule has 3 nitrogen and oxygen atoms in total. The molecule has 3 rings (SSSR count). The van der Waals surface area contributed by atoms with Crippen LogP contribution in [0.3, 0.4) is 0 Å². The first kappa shape index (κ1) is 14.8. The lowest BCUT2D eigenvalue weighted by Gasteiger charge is -2.10. The summed E-state index contributed by atoms with van der Waals surface area (Å²) >= 11 is 5.29. The first-order valence-electron chi connectivity index (χ1n) is 6.82. The maximum atomic E-state index is 5.73. The lowest BCUT2D eigenvalue weighted by Crippen LogP contribution is -1.97. The van der Waals surface area contributed by atoms with Crippen LogP contribution < -0.4 is 15.2 Å². The summed E-state index contributed by atoms with van der Waals surface area (Å²) < 4.78 is 12.4. The van der Waals surface area contributed by atoms with E-state index in [9.17, 15) is 0 Å². The van der Waals surface area contributed by atoms with Gasteiger partial charge in [0.1, 0.15) is 0 Å². The van der Waals surface area contributed by atoms with Crippen LogP contribution in [-0.4, -0.2) is 13.2 Å². The first-order chi connectivity index (χ1) is 10.3. The summed E-state index contributed by atoms with van der Waals surface area (Å²) in [5.74, 6) is 1.65. The molecule has 0 spiro atoms. The summed E-state index contributed by atoms with van der Waals surface area (Å²) in [4.78, 5) is 2.28. The second-order valence-electron chi connectivity index (χ2n) is 4.73. The molecule has 0 aliphatic carbocycles. The van der Waals surface area contributed by atoms with Gasteiger partial charge in [-0.2, -0.15) is 0 Å². The molecule has 0 saturated heterocycles. The number of hydrogen-bond donors (Lipinski definition) is 1. The molecule has 1 aliphatic heterocycles. The van der Waals surface area contributed by atoms with E-state index in [-0.39, 0.29) is 0 Å². The normalized spacial score (nSPS) is 13.8. The monoisotopic (exact) mass is 365 g/mol. The zero-order valence-corrected chi connectivity index (χ0v) is 13.9. The molecule has 1 heterocycles. The van der Waals surface area contributed by atoms with E-state index in [1.807, 2.05) is 12.1 Å². The summed E-state index contributed by atoms with van der Waals surface area (Å²) in [6.45, 7) is 1.97. The fourth-order valence-corrected chi connectivity index (χ4v) is 3.61. The predicted octanol–water partition coefficient (Wildman–Crippen LogP) is 4.22. The molecule has 110 valence electrons. The number of hydrogen-bond acceptors (Lipinski definition) is 4. The highest BCUT2D eigenvalue weighted by molar-refractivity contribution is 9.10. The van der Waals surface area contributed by atoms with Gasteiger partial charge >= 0.3 is 0 Å². The summed E-state index contributed by atoms with van der Waals surface area (Å²) in [7, 11) is 0. The van der Waals surface area contributed by atoms with Crippen molar-refractivity contribution in [2.24, 2.45) is 5.73 Å². The molecule has 0 unspecified atom stereocenters. The molecule has 2 N–H and O–H groups in total. The molecule has 2 aromatic carbocycles. The van der Waals surface area contributed by atoms with Gasteiger partial charge in [0.05, 0.1) is 13.2 Å². The Hall–Kier alpha value is -1.17. The van der Waals surface area contributed by atoms with Crippen LogP contribution in [0.15, 0.2) is 50.7 Å². The second kappa shape index (κ2) is 6.73. The van der Waals surface area contributed by atoms with Gasteiger partial charge in [0.25, 0.3) is 0 Å². The minimum Gasteiger partial charge on any atom is -0.490 e. The molecular formula is C16H16BrNO2S. The largest absolute Gasteiger partial charge is 0.490 e. The third-order valence-corrected chi connectivity index (χ3v) is 5.16. The molecule has 21 heavy (non-hydrogen) atoms. The molecule has 0 radical (unpaired) electrons.